The van der Waals surface area contributed by atoms with Crippen LogP contribution in [-0.4, -0.2) is 62.2 Å². The number of likely N-dealkylation sites (tertiary alicyclic amines) is 1. The molecule has 2 aliphatic heterocycles. The Bertz CT molecular complexity index is 199. The molecule has 1 N–H and O–H groups in total. The molecule has 0 saturated carbocycles. The van der Waals surface area contributed by atoms with Gasteiger partial charge in [0, 0.05) is 25.2 Å². The Morgan fingerprint density at radius 2 is 2.06 bits per heavy atom. The van der Waals surface area contributed by atoms with E-state index >= 15 is 0 Å². The Morgan fingerprint density at radius 1 is 1.19 bits per heavy atom. The molecule has 94 valence electrons. The van der Waals surface area contributed by atoms with Gasteiger partial charge in [-0.25, -0.2) is 0 Å². The highest BCUT2D eigenvalue weighted by Gasteiger charge is 2.30. The molecule has 0 aliphatic carbocycles. The summed E-state index contributed by atoms with van der Waals surface area (Å²) in [5, 5.41) is 3.69. The van der Waals surface area contributed by atoms with E-state index in [1.54, 1.807) is 0 Å². The van der Waals surface area contributed by atoms with Gasteiger partial charge >= 0.3 is 0 Å². The summed E-state index contributed by atoms with van der Waals surface area (Å²) in [6.07, 6.45) is 7.01. The second kappa shape index (κ2) is 5.99. The van der Waals surface area contributed by atoms with Crippen LogP contribution in [0.15, 0.2) is 0 Å². The van der Waals surface area contributed by atoms with Gasteiger partial charge in [0.1, 0.15) is 0 Å². The largest absolute Gasteiger partial charge is 0.312 e. The van der Waals surface area contributed by atoms with E-state index in [2.05, 4.69) is 29.2 Å². The minimum atomic E-state index is 0.780. The molecule has 0 spiro atoms. The maximum absolute atomic E-state index is 3.69. The Balaban J connectivity index is 1.85. The normalized spacial score (nSPS) is 32.4. The van der Waals surface area contributed by atoms with E-state index in [9.17, 15) is 0 Å². The molecule has 3 heteroatoms. The van der Waals surface area contributed by atoms with E-state index in [0.29, 0.717) is 0 Å². The molecule has 2 heterocycles. The highest BCUT2D eigenvalue weighted by molar-refractivity contribution is 4.90. The van der Waals surface area contributed by atoms with Crippen LogP contribution in [0.4, 0.5) is 0 Å². The molecule has 2 aliphatic rings. The van der Waals surface area contributed by atoms with E-state index < -0.39 is 0 Å². The van der Waals surface area contributed by atoms with Gasteiger partial charge in [0.2, 0.25) is 0 Å². The van der Waals surface area contributed by atoms with Gasteiger partial charge in [-0.1, -0.05) is 6.42 Å². The molecule has 2 atom stereocenters. The predicted octanol–water partition coefficient (Wildman–Crippen LogP) is 1.15. The summed E-state index contributed by atoms with van der Waals surface area (Å²) in [5.41, 5.74) is 0. The third-order valence-corrected chi connectivity index (χ3v) is 4.06. The third-order valence-electron chi connectivity index (χ3n) is 4.06. The van der Waals surface area contributed by atoms with Crippen molar-refractivity contribution in [1.82, 2.24) is 15.1 Å². The van der Waals surface area contributed by atoms with Gasteiger partial charge in [-0.3, -0.25) is 4.90 Å². The molecule has 0 aromatic carbocycles. The van der Waals surface area contributed by atoms with E-state index in [0.717, 1.165) is 12.1 Å². The Labute approximate surface area is 100 Å². The van der Waals surface area contributed by atoms with Crippen molar-refractivity contribution in [2.75, 3.05) is 40.3 Å². The topological polar surface area (TPSA) is 18.5 Å². The number of rotatable bonds is 4. The zero-order valence-corrected chi connectivity index (χ0v) is 10.9. The third kappa shape index (κ3) is 3.19. The van der Waals surface area contributed by atoms with Crippen LogP contribution >= 0.6 is 0 Å². The minimum absolute atomic E-state index is 0.780. The number of hydrogen-bond acceptors (Lipinski definition) is 3. The lowest BCUT2D eigenvalue weighted by Gasteiger charge is -2.39. The van der Waals surface area contributed by atoms with E-state index in [1.165, 1.54) is 58.3 Å². The molecule has 16 heavy (non-hydrogen) atoms. The second-order valence-electron chi connectivity index (χ2n) is 5.61. The van der Waals surface area contributed by atoms with Gasteiger partial charge in [-0.2, -0.15) is 0 Å². The molecule has 0 aromatic heterocycles. The Morgan fingerprint density at radius 3 is 2.75 bits per heavy atom. The van der Waals surface area contributed by atoms with Crippen LogP contribution in [0.3, 0.4) is 0 Å². The highest BCUT2D eigenvalue weighted by atomic mass is 15.2. The van der Waals surface area contributed by atoms with Crippen LogP contribution < -0.4 is 5.32 Å². The average Bonchev–Trinajstić information content (AvgIpc) is 2.80. The molecule has 3 nitrogen and oxygen atoms in total. The molecule has 0 aromatic rings. The lowest BCUT2D eigenvalue weighted by molar-refractivity contribution is 0.111. The smallest absolute Gasteiger partial charge is 0.0249 e. The summed E-state index contributed by atoms with van der Waals surface area (Å²) in [5.74, 6) is 0. The molecule has 0 bridgehead atoms. The van der Waals surface area contributed by atoms with Crippen LogP contribution in [0.25, 0.3) is 0 Å². The van der Waals surface area contributed by atoms with Crippen LogP contribution in [0, 0.1) is 0 Å². The predicted molar refractivity (Wildman–Crippen MR) is 68.8 cm³/mol. The first-order valence-corrected chi connectivity index (χ1v) is 6.89. The van der Waals surface area contributed by atoms with Crippen molar-refractivity contribution in [3.63, 3.8) is 0 Å². The summed E-state index contributed by atoms with van der Waals surface area (Å²) in [6, 6.07) is 1.60. The first-order chi connectivity index (χ1) is 7.77. The van der Waals surface area contributed by atoms with Gasteiger partial charge < -0.3 is 10.2 Å². The van der Waals surface area contributed by atoms with Gasteiger partial charge in [0.05, 0.1) is 0 Å². The summed E-state index contributed by atoms with van der Waals surface area (Å²) in [4.78, 5) is 5.03. The Kier molecular flexibility index (Phi) is 4.62. The van der Waals surface area contributed by atoms with E-state index in [4.69, 9.17) is 0 Å². The first-order valence-electron chi connectivity index (χ1n) is 6.89. The quantitative estimate of drug-likeness (QED) is 0.774. The van der Waals surface area contributed by atoms with Crippen LogP contribution in [0.5, 0.6) is 0 Å². The fraction of sp³-hybridized carbons (Fsp3) is 1.00. The van der Waals surface area contributed by atoms with Gasteiger partial charge in [0.15, 0.2) is 0 Å². The van der Waals surface area contributed by atoms with Gasteiger partial charge in [0.25, 0.3) is 0 Å². The molecular weight excluding hydrogens is 198 g/mol. The fourth-order valence-electron chi connectivity index (χ4n) is 3.12. The zero-order valence-electron chi connectivity index (χ0n) is 10.9. The van der Waals surface area contributed by atoms with E-state index in [1.807, 2.05) is 0 Å². The molecule has 2 saturated heterocycles. The second-order valence-corrected chi connectivity index (χ2v) is 5.61. The lowest BCUT2D eigenvalue weighted by Crippen LogP contribution is -2.51. The monoisotopic (exact) mass is 225 g/mol. The van der Waals surface area contributed by atoms with Gasteiger partial charge in [-0.15, -0.1) is 0 Å². The molecule has 2 rings (SSSR count). The standard InChI is InChI=1S/C13H27N3/c1-15(2)10-11-16-9-4-3-7-13(16)12-6-5-8-14-12/h12-14H,3-11H2,1-2H3. The van der Waals surface area contributed by atoms with Crippen LogP contribution in [0.1, 0.15) is 32.1 Å². The van der Waals surface area contributed by atoms with Crippen molar-refractivity contribution in [3.05, 3.63) is 0 Å². The lowest BCUT2D eigenvalue weighted by atomic mass is 9.94. The highest BCUT2D eigenvalue weighted by Crippen LogP contribution is 2.23. The van der Waals surface area contributed by atoms with Crippen molar-refractivity contribution in [1.29, 1.82) is 0 Å². The van der Waals surface area contributed by atoms with Crippen molar-refractivity contribution >= 4 is 0 Å². The SMILES string of the molecule is CN(C)CCN1CCCCC1C1CCCN1. The number of nitrogens with zero attached hydrogens (tertiary/aromatic N) is 2. The number of piperidine rings is 1. The summed E-state index contributed by atoms with van der Waals surface area (Å²) in [7, 11) is 4.35. The molecule has 0 radical (unpaired) electrons. The van der Waals surface area contributed by atoms with Crippen molar-refractivity contribution in [3.8, 4) is 0 Å². The maximum atomic E-state index is 3.69. The van der Waals surface area contributed by atoms with Crippen LogP contribution in [0.2, 0.25) is 0 Å². The molecule has 2 unspecified atom stereocenters. The summed E-state index contributed by atoms with van der Waals surface area (Å²) >= 11 is 0. The van der Waals surface area contributed by atoms with Crippen LogP contribution in [-0.2, 0) is 0 Å². The summed E-state index contributed by atoms with van der Waals surface area (Å²) in [6.45, 7) is 5.00. The first kappa shape index (κ1) is 12.3. The van der Waals surface area contributed by atoms with Gasteiger partial charge in [-0.05, 0) is 52.9 Å². The zero-order chi connectivity index (χ0) is 11.4. The van der Waals surface area contributed by atoms with Crippen molar-refractivity contribution in [2.24, 2.45) is 0 Å². The molecular formula is C13H27N3. The minimum Gasteiger partial charge on any atom is -0.312 e. The maximum Gasteiger partial charge on any atom is 0.0249 e. The van der Waals surface area contributed by atoms with E-state index in [-0.39, 0.29) is 0 Å². The Hall–Kier alpha value is -0.120. The average molecular weight is 225 g/mol. The molecule has 2 fully saturated rings. The fourth-order valence-corrected chi connectivity index (χ4v) is 3.12. The summed E-state index contributed by atoms with van der Waals surface area (Å²) < 4.78 is 0. The number of likely N-dealkylation sites (N-methyl/N-ethyl adjacent to an activating group) is 1. The van der Waals surface area contributed by atoms with Crippen molar-refractivity contribution < 1.29 is 0 Å². The number of hydrogen-bond donors (Lipinski definition) is 1. The molecule has 0 amide bonds. The number of nitrogens with one attached hydrogen (secondary N) is 1. The van der Waals surface area contributed by atoms with Crippen molar-refractivity contribution in [2.45, 2.75) is 44.2 Å².